The van der Waals surface area contributed by atoms with E-state index in [1.165, 1.54) is 41.9 Å². The Bertz CT molecular complexity index is 1140. The van der Waals surface area contributed by atoms with Gasteiger partial charge in [-0.05, 0) is 60.6 Å². The van der Waals surface area contributed by atoms with Crippen molar-refractivity contribution in [3.63, 3.8) is 0 Å². The Balaban J connectivity index is 1.93. The van der Waals surface area contributed by atoms with E-state index in [1.807, 2.05) is 13.8 Å². The summed E-state index contributed by atoms with van der Waals surface area (Å²) >= 11 is 0. The van der Waals surface area contributed by atoms with Gasteiger partial charge in [0.1, 0.15) is 5.75 Å². The summed E-state index contributed by atoms with van der Waals surface area (Å²) in [6, 6.07) is 8.94. The first-order valence-electron chi connectivity index (χ1n) is 11.1. The van der Waals surface area contributed by atoms with E-state index in [1.54, 1.807) is 0 Å². The summed E-state index contributed by atoms with van der Waals surface area (Å²) in [6.45, 7) is 4.09. The molecule has 1 fully saturated rings. The molecule has 1 aliphatic heterocycles. The van der Waals surface area contributed by atoms with E-state index in [0.29, 0.717) is 12.0 Å². The monoisotopic (exact) mass is 515 g/mol. The van der Waals surface area contributed by atoms with E-state index < -0.39 is 32.2 Å². The zero-order chi connectivity index (χ0) is 25.9. The van der Waals surface area contributed by atoms with Gasteiger partial charge < -0.3 is 9.47 Å². The number of carbonyl (C=O) groups is 1. The lowest BCUT2D eigenvalue weighted by Gasteiger charge is -2.34. The summed E-state index contributed by atoms with van der Waals surface area (Å²) in [5, 5.41) is 9.14. The minimum Gasteiger partial charge on any atom is -0.493 e. The SMILES string of the molecule is CC(C)CCOc1ccc(-c2ccc(S(=O)(=O)C3(C(=O)NO)CCOCC3)cc2)cc1C(F)(F)F. The molecule has 3 rings (SSSR count). The number of nitrogens with one attached hydrogen (secondary N) is 1. The second-order valence-electron chi connectivity index (χ2n) is 8.82. The Hall–Kier alpha value is -2.63. The molecule has 192 valence electrons. The number of hydrogen-bond donors (Lipinski definition) is 2. The highest BCUT2D eigenvalue weighted by molar-refractivity contribution is 7.93. The molecule has 0 atom stereocenters. The van der Waals surface area contributed by atoms with Crippen molar-refractivity contribution in [2.24, 2.45) is 5.92 Å². The minimum atomic E-state index is -4.64. The topological polar surface area (TPSA) is 102 Å². The fraction of sp³-hybridized carbons (Fsp3) is 0.458. The van der Waals surface area contributed by atoms with Crippen LogP contribution in [0.2, 0.25) is 0 Å². The van der Waals surface area contributed by atoms with E-state index in [4.69, 9.17) is 14.7 Å². The van der Waals surface area contributed by atoms with Gasteiger partial charge >= 0.3 is 6.18 Å². The standard InChI is InChI=1S/C24H28F3NO6S/c1-16(2)9-12-34-21-8-5-18(15-20(21)24(25,26)27)17-3-6-19(7-4-17)35(31,32)23(22(29)28-30)10-13-33-14-11-23/h3-8,15-16,30H,9-14H2,1-2H3,(H,28,29). The quantitative estimate of drug-likeness (QED) is 0.393. The lowest BCUT2D eigenvalue weighted by atomic mass is 9.98. The van der Waals surface area contributed by atoms with Crippen LogP contribution in [0.3, 0.4) is 0 Å². The summed E-state index contributed by atoms with van der Waals surface area (Å²) in [7, 11) is -4.24. The predicted octanol–water partition coefficient (Wildman–Crippen LogP) is 4.63. The Labute approximate surface area is 202 Å². The van der Waals surface area contributed by atoms with Crippen molar-refractivity contribution in [1.29, 1.82) is 0 Å². The van der Waals surface area contributed by atoms with Crippen molar-refractivity contribution in [2.45, 2.75) is 48.9 Å². The lowest BCUT2D eigenvalue weighted by molar-refractivity contribution is -0.139. The molecule has 2 aromatic rings. The molecule has 0 unspecified atom stereocenters. The molecule has 0 bridgehead atoms. The molecular weight excluding hydrogens is 487 g/mol. The molecule has 0 spiro atoms. The van der Waals surface area contributed by atoms with E-state index in [0.717, 1.165) is 6.07 Å². The van der Waals surface area contributed by atoms with E-state index >= 15 is 0 Å². The third-order valence-corrected chi connectivity index (χ3v) is 8.58. The summed E-state index contributed by atoms with van der Waals surface area (Å²) < 4.78 is 76.4. The van der Waals surface area contributed by atoms with Crippen molar-refractivity contribution in [2.75, 3.05) is 19.8 Å². The average Bonchev–Trinajstić information content (AvgIpc) is 2.83. The van der Waals surface area contributed by atoms with Crippen LogP contribution in [0.4, 0.5) is 13.2 Å². The number of sulfone groups is 1. The first-order valence-corrected chi connectivity index (χ1v) is 12.6. The summed E-state index contributed by atoms with van der Waals surface area (Å²) in [5.74, 6) is -1.03. The second kappa shape index (κ2) is 10.5. The third kappa shape index (κ3) is 5.62. The van der Waals surface area contributed by atoms with Crippen LogP contribution >= 0.6 is 0 Å². The van der Waals surface area contributed by atoms with Crippen molar-refractivity contribution < 1.29 is 41.1 Å². The maximum Gasteiger partial charge on any atom is 0.419 e. The zero-order valence-corrected chi connectivity index (χ0v) is 20.2. The van der Waals surface area contributed by atoms with Crippen molar-refractivity contribution >= 4 is 15.7 Å². The highest BCUT2D eigenvalue weighted by Gasteiger charge is 2.52. The molecule has 0 saturated carbocycles. The number of carbonyl (C=O) groups excluding carboxylic acids is 1. The largest absolute Gasteiger partial charge is 0.493 e. The number of halogens is 3. The third-order valence-electron chi connectivity index (χ3n) is 6.07. The number of rotatable bonds is 8. The molecule has 1 heterocycles. The van der Waals surface area contributed by atoms with Gasteiger partial charge in [-0.25, -0.2) is 13.9 Å². The average molecular weight is 516 g/mol. The van der Waals surface area contributed by atoms with Gasteiger partial charge in [-0.3, -0.25) is 10.0 Å². The van der Waals surface area contributed by atoms with Crippen molar-refractivity contribution in [3.05, 3.63) is 48.0 Å². The molecule has 1 amide bonds. The Morgan fingerprint density at radius 3 is 2.26 bits per heavy atom. The van der Waals surface area contributed by atoms with Crippen LogP contribution in [0.1, 0.15) is 38.7 Å². The predicted molar refractivity (Wildman–Crippen MR) is 122 cm³/mol. The van der Waals surface area contributed by atoms with Crippen LogP contribution in [0.25, 0.3) is 11.1 Å². The smallest absolute Gasteiger partial charge is 0.419 e. The van der Waals surface area contributed by atoms with Gasteiger partial charge in [-0.15, -0.1) is 0 Å². The Kier molecular flexibility index (Phi) is 8.13. The van der Waals surface area contributed by atoms with Crippen LogP contribution in [-0.2, 0) is 25.5 Å². The molecule has 2 N–H and O–H groups in total. The van der Waals surface area contributed by atoms with Gasteiger partial charge in [-0.1, -0.05) is 32.0 Å². The van der Waals surface area contributed by atoms with Gasteiger partial charge in [0.05, 0.1) is 17.1 Å². The first-order chi connectivity index (χ1) is 16.4. The first kappa shape index (κ1) is 27.0. The summed E-state index contributed by atoms with van der Waals surface area (Å²) in [4.78, 5) is 12.2. The molecular formula is C24H28F3NO6S. The highest BCUT2D eigenvalue weighted by Crippen LogP contribution is 2.40. The summed E-state index contributed by atoms with van der Waals surface area (Å²) in [5.41, 5.74) is 1.11. The normalized spacial score (nSPS) is 16.2. The molecule has 35 heavy (non-hydrogen) atoms. The summed E-state index contributed by atoms with van der Waals surface area (Å²) in [6.07, 6.45) is -4.32. The Morgan fingerprint density at radius 1 is 1.11 bits per heavy atom. The highest BCUT2D eigenvalue weighted by atomic mass is 32.2. The zero-order valence-electron chi connectivity index (χ0n) is 19.4. The van der Waals surface area contributed by atoms with Crippen LogP contribution in [-0.4, -0.2) is 44.1 Å². The van der Waals surface area contributed by atoms with Gasteiger partial charge in [0.25, 0.3) is 5.91 Å². The Morgan fingerprint density at radius 2 is 1.71 bits per heavy atom. The molecule has 2 aromatic carbocycles. The molecule has 11 heteroatoms. The number of hydrogen-bond acceptors (Lipinski definition) is 6. The van der Waals surface area contributed by atoms with Crippen LogP contribution < -0.4 is 10.2 Å². The van der Waals surface area contributed by atoms with Gasteiger partial charge in [-0.2, -0.15) is 13.2 Å². The van der Waals surface area contributed by atoms with Gasteiger partial charge in [0.15, 0.2) is 14.6 Å². The van der Waals surface area contributed by atoms with E-state index in [-0.39, 0.29) is 54.8 Å². The molecule has 0 radical (unpaired) electrons. The van der Waals surface area contributed by atoms with E-state index in [2.05, 4.69) is 0 Å². The fourth-order valence-corrected chi connectivity index (χ4v) is 5.87. The number of benzene rings is 2. The maximum absolute atomic E-state index is 13.7. The van der Waals surface area contributed by atoms with Crippen LogP contribution in [0.15, 0.2) is 47.4 Å². The maximum atomic E-state index is 13.7. The molecule has 7 nitrogen and oxygen atoms in total. The fourth-order valence-electron chi connectivity index (χ4n) is 3.93. The second-order valence-corrected chi connectivity index (χ2v) is 11.1. The van der Waals surface area contributed by atoms with Crippen molar-refractivity contribution in [3.8, 4) is 16.9 Å². The van der Waals surface area contributed by atoms with Gasteiger partial charge in [0, 0.05) is 13.2 Å². The van der Waals surface area contributed by atoms with Crippen molar-refractivity contribution in [1.82, 2.24) is 5.48 Å². The van der Waals surface area contributed by atoms with E-state index in [9.17, 15) is 26.4 Å². The molecule has 0 aliphatic carbocycles. The number of hydroxylamine groups is 1. The number of ether oxygens (including phenoxy) is 2. The molecule has 1 aliphatic rings. The molecule has 1 saturated heterocycles. The van der Waals surface area contributed by atoms with Crippen LogP contribution in [0, 0.1) is 5.92 Å². The lowest BCUT2D eigenvalue weighted by Crippen LogP contribution is -2.54. The number of alkyl halides is 3. The molecule has 0 aromatic heterocycles. The number of amides is 1. The van der Waals surface area contributed by atoms with Crippen LogP contribution in [0.5, 0.6) is 5.75 Å². The van der Waals surface area contributed by atoms with Gasteiger partial charge in [0.2, 0.25) is 0 Å². The minimum absolute atomic E-state index is 0.0243.